The van der Waals surface area contributed by atoms with Gasteiger partial charge in [-0.05, 0) is 82.5 Å². The van der Waals surface area contributed by atoms with Crippen LogP contribution in [0.1, 0.15) is 45.7 Å². The molecule has 3 heterocycles. The Morgan fingerprint density at radius 1 is 0.906 bits per heavy atom. The van der Waals surface area contributed by atoms with Crippen LogP contribution in [-0.2, 0) is 4.79 Å². The molecule has 0 atom stereocenters. The third-order valence-electron chi connectivity index (χ3n) is 6.21. The minimum absolute atomic E-state index is 0.0231. The number of hydrogen-bond acceptors (Lipinski definition) is 3. The van der Waals surface area contributed by atoms with E-state index in [0.717, 1.165) is 28.2 Å². The van der Waals surface area contributed by atoms with Crippen molar-refractivity contribution >= 4 is 17.6 Å². The van der Waals surface area contributed by atoms with Gasteiger partial charge in [0.25, 0.3) is 5.91 Å². The molecule has 4 rings (SSSR count). The van der Waals surface area contributed by atoms with Crippen LogP contribution in [0, 0.1) is 33.6 Å². The van der Waals surface area contributed by atoms with Crippen molar-refractivity contribution in [3.8, 4) is 5.69 Å². The van der Waals surface area contributed by atoms with Crippen LogP contribution in [0.4, 0.5) is 5.82 Å². The number of nitrogens with one attached hydrogen (secondary N) is 1. The zero-order chi connectivity index (χ0) is 22.8. The van der Waals surface area contributed by atoms with Crippen molar-refractivity contribution in [1.82, 2.24) is 14.5 Å². The van der Waals surface area contributed by atoms with E-state index in [1.807, 2.05) is 62.9 Å². The fraction of sp³-hybridized carbons (Fsp3) is 0.346. The molecule has 0 saturated carbocycles. The zero-order valence-electron chi connectivity index (χ0n) is 19.2. The lowest BCUT2D eigenvalue weighted by atomic mass is 9.95. The van der Waals surface area contributed by atoms with E-state index in [9.17, 15) is 9.59 Å². The van der Waals surface area contributed by atoms with Gasteiger partial charge in [-0.3, -0.25) is 9.59 Å². The van der Waals surface area contributed by atoms with Crippen molar-refractivity contribution in [3.63, 3.8) is 0 Å². The molecule has 2 aromatic heterocycles. The molecule has 0 aliphatic carbocycles. The number of anilines is 1. The van der Waals surface area contributed by atoms with Crippen molar-refractivity contribution in [2.24, 2.45) is 5.92 Å². The maximum absolute atomic E-state index is 13.5. The number of hydrogen-bond donors (Lipinski definition) is 1. The SMILES string of the molecule is Cc1ccnc(NC(=O)C2CCN(C(=O)c3cc(C)ccc3-n3c(C)ccc3C)CC2)c1. The number of nitrogens with zero attached hydrogens (tertiary/aromatic N) is 3. The second-order valence-corrected chi connectivity index (χ2v) is 8.75. The molecule has 3 aromatic rings. The maximum atomic E-state index is 13.5. The Labute approximate surface area is 189 Å². The summed E-state index contributed by atoms with van der Waals surface area (Å²) in [6.07, 6.45) is 2.98. The first kappa shape index (κ1) is 21.8. The van der Waals surface area contributed by atoms with Crippen LogP contribution in [-0.4, -0.2) is 39.4 Å². The molecule has 0 spiro atoms. The van der Waals surface area contributed by atoms with Crippen LogP contribution < -0.4 is 5.32 Å². The van der Waals surface area contributed by atoms with E-state index in [4.69, 9.17) is 0 Å². The summed E-state index contributed by atoms with van der Waals surface area (Å²) in [6, 6.07) is 13.9. The normalized spacial score (nSPS) is 14.4. The van der Waals surface area contributed by atoms with Crippen molar-refractivity contribution < 1.29 is 9.59 Å². The van der Waals surface area contributed by atoms with Gasteiger partial charge >= 0.3 is 0 Å². The minimum Gasteiger partial charge on any atom is -0.339 e. The van der Waals surface area contributed by atoms with Crippen LogP contribution in [0.25, 0.3) is 5.69 Å². The van der Waals surface area contributed by atoms with E-state index in [2.05, 4.69) is 27.0 Å². The Morgan fingerprint density at radius 3 is 2.22 bits per heavy atom. The van der Waals surface area contributed by atoms with Gasteiger partial charge in [0.05, 0.1) is 11.3 Å². The van der Waals surface area contributed by atoms with Crippen LogP contribution in [0.15, 0.2) is 48.7 Å². The van der Waals surface area contributed by atoms with Gasteiger partial charge in [0.2, 0.25) is 5.91 Å². The Hall–Kier alpha value is -3.41. The van der Waals surface area contributed by atoms with Gasteiger partial charge < -0.3 is 14.8 Å². The van der Waals surface area contributed by atoms with E-state index in [-0.39, 0.29) is 17.7 Å². The van der Waals surface area contributed by atoms with Crippen LogP contribution in [0.3, 0.4) is 0 Å². The topological polar surface area (TPSA) is 67.2 Å². The second-order valence-electron chi connectivity index (χ2n) is 8.75. The summed E-state index contributed by atoms with van der Waals surface area (Å²) in [4.78, 5) is 32.3. The van der Waals surface area contributed by atoms with Crippen LogP contribution in [0.5, 0.6) is 0 Å². The highest BCUT2D eigenvalue weighted by Crippen LogP contribution is 2.26. The number of benzene rings is 1. The molecule has 1 fully saturated rings. The third kappa shape index (κ3) is 4.44. The number of aromatic nitrogens is 2. The molecule has 0 radical (unpaired) electrons. The standard InChI is InChI=1S/C26H30N4O2/c1-17-5-8-23(30-19(3)6-7-20(30)4)22(15-17)26(32)29-13-10-21(11-14-29)25(31)28-24-16-18(2)9-12-27-24/h5-9,12,15-16,21H,10-11,13-14H2,1-4H3,(H,27,28,31). The summed E-state index contributed by atoms with van der Waals surface area (Å²) in [5, 5.41) is 2.92. The third-order valence-corrected chi connectivity index (χ3v) is 6.21. The van der Waals surface area contributed by atoms with Gasteiger partial charge in [-0.2, -0.15) is 0 Å². The molecule has 166 valence electrons. The van der Waals surface area contributed by atoms with Gasteiger partial charge in [-0.1, -0.05) is 11.6 Å². The molecule has 6 nitrogen and oxygen atoms in total. The lowest BCUT2D eigenvalue weighted by Crippen LogP contribution is -2.41. The summed E-state index contributed by atoms with van der Waals surface area (Å²) in [7, 11) is 0. The fourth-order valence-corrected chi connectivity index (χ4v) is 4.41. The van der Waals surface area contributed by atoms with E-state index in [0.29, 0.717) is 37.3 Å². The minimum atomic E-state index is -0.118. The number of piperidine rings is 1. The highest BCUT2D eigenvalue weighted by molar-refractivity contribution is 5.98. The highest BCUT2D eigenvalue weighted by atomic mass is 16.2. The number of carbonyl (C=O) groups excluding carboxylic acids is 2. The van der Waals surface area contributed by atoms with Gasteiger partial charge in [0.1, 0.15) is 5.82 Å². The molecule has 32 heavy (non-hydrogen) atoms. The largest absolute Gasteiger partial charge is 0.339 e. The average molecular weight is 431 g/mol. The fourth-order valence-electron chi connectivity index (χ4n) is 4.41. The molecule has 1 aromatic carbocycles. The van der Waals surface area contributed by atoms with Gasteiger partial charge in [0, 0.05) is 36.6 Å². The van der Waals surface area contributed by atoms with E-state index in [1.54, 1.807) is 6.20 Å². The van der Waals surface area contributed by atoms with Crippen molar-refractivity contribution in [2.45, 2.75) is 40.5 Å². The Morgan fingerprint density at radius 2 is 1.56 bits per heavy atom. The Kier molecular flexibility index (Phi) is 6.12. The summed E-state index contributed by atoms with van der Waals surface area (Å²) >= 11 is 0. The number of pyridine rings is 1. The number of amides is 2. The molecule has 1 N–H and O–H groups in total. The van der Waals surface area contributed by atoms with Crippen LogP contribution >= 0.6 is 0 Å². The summed E-state index contributed by atoms with van der Waals surface area (Å²) in [5.41, 5.74) is 5.92. The quantitative estimate of drug-likeness (QED) is 0.658. The first-order valence-corrected chi connectivity index (χ1v) is 11.1. The first-order chi connectivity index (χ1) is 15.3. The number of rotatable bonds is 4. The van der Waals surface area contributed by atoms with Gasteiger partial charge in [-0.15, -0.1) is 0 Å². The molecule has 1 saturated heterocycles. The number of aryl methyl sites for hydroxylation is 4. The van der Waals surface area contributed by atoms with E-state index in [1.165, 1.54) is 0 Å². The highest BCUT2D eigenvalue weighted by Gasteiger charge is 2.29. The molecule has 6 heteroatoms. The van der Waals surface area contributed by atoms with Gasteiger partial charge in [0.15, 0.2) is 0 Å². The van der Waals surface area contributed by atoms with Gasteiger partial charge in [-0.25, -0.2) is 4.98 Å². The molecular weight excluding hydrogens is 400 g/mol. The Balaban J connectivity index is 1.47. The molecule has 1 aliphatic rings. The lowest BCUT2D eigenvalue weighted by Gasteiger charge is -2.32. The zero-order valence-corrected chi connectivity index (χ0v) is 19.2. The summed E-state index contributed by atoms with van der Waals surface area (Å²) < 4.78 is 2.13. The van der Waals surface area contributed by atoms with Crippen molar-refractivity contribution in [3.05, 3.63) is 76.7 Å². The maximum Gasteiger partial charge on any atom is 0.255 e. The predicted octanol–water partition coefficient (Wildman–Crippen LogP) is 4.60. The monoisotopic (exact) mass is 430 g/mol. The Bertz CT molecular complexity index is 1140. The number of likely N-dealkylation sites (tertiary alicyclic amines) is 1. The predicted molar refractivity (Wildman–Crippen MR) is 126 cm³/mol. The summed E-state index contributed by atoms with van der Waals surface area (Å²) in [6.45, 7) is 9.20. The first-order valence-electron chi connectivity index (χ1n) is 11.1. The second kappa shape index (κ2) is 8.99. The van der Waals surface area contributed by atoms with E-state index < -0.39 is 0 Å². The van der Waals surface area contributed by atoms with Crippen molar-refractivity contribution in [2.75, 3.05) is 18.4 Å². The summed E-state index contributed by atoms with van der Waals surface area (Å²) in [5.74, 6) is 0.461. The average Bonchev–Trinajstić information content (AvgIpc) is 3.11. The molecule has 2 amide bonds. The lowest BCUT2D eigenvalue weighted by molar-refractivity contribution is -0.121. The number of carbonyl (C=O) groups is 2. The molecule has 1 aliphatic heterocycles. The van der Waals surface area contributed by atoms with Crippen molar-refractivity contribution in [1.29, 1.82) is 0 Å². The smallest absolute Gasteiger partial charge is 0.255 e. The molecule has 0 bridgehead atoms. The molecule has 0 unspecified atom stereocenters. The molecular formula is C26H30N4O2. The van der Waals surface area contributed by atoms with E-state index >= 15 is 0 Å². The van der Waals surface area contributed by atoms with Crippen LogP contribution in [0.2, 0.25) is 0 Å².